The molecule has 3 aromatic heterocycles. The lowest BCUT2D eigenvalue weighted by Crippen LogP contribution is -2.41. The van der Waals surface area contributed by atoms with Gasteiger partial charge in [-0.3, -0.25) is 14.6 Å². The highest BCUT2D eigenvalue weighted by Crippen LogP contribution is 2.29. The summed E-state index contributed by atoms with van der Waals surface area (Å²) in [5, 5.41) is 24.5. The highest BCUT2D eigenvalue weighted by atomic mass is 16.1. The predicted molar refractivity (Wildman–Crippen MR) is 136 cm³/mol. The maximum Gasteiger partial charge on any atom is 0.234 e. The Hall–Kier alpha value is -3.47. The number of nitrogens with one attached hydrogen (secondary N) is 5. The van der Waals surface area contributed by atoms with Crippen molar-refractivity contribution in [3.05, 3.63) is 30.2 Å². The van der Waals surface area contributed by atoms with E-state index >= 15 is 0 Å². The maximum atomic E-state index is 12.2. The van der Waals surface area contributed by atoms with Gasteiger partial charge in [0.15, 0.2) is 5.82 Å². The third-order valence-electron chi connectivity index (χ3n) is 6.41. The van der Waals surface area contributed by atoms with Crippen LogP contribution in [0, 0.1) is 12.8 Å². The number of aryl methyl sites for hydroxylation is 2. The van der Waals surface area contributed by atoms with Gasteiger partial charge in [0, 0.05) is 48.7 Å². The van der Waals surface area contributed by atoms with Crippen LogP contribution >= 0.6 is 0 Å². The molecule has 11 heteroatoms. The molecule has 188 valence electrons. The molecule has 11 nitrogen and oxygen atoms in total. The van der Waals surface area contributed by atoms with E-state index in [0.717, 1.165) is 49.1 Å². The Bertz CT molecular complexity index is 1120. The Morgan fingerprint density at radius 1 is 1.17 bits per heavy atom. The molecule has 1 fully saturated rings. The molecule has 1 aliphatic carbocycles. The first-order valence-corrected chi connectivity index (χ1v) is 12.3. The number of hydrogen-bond acceptors (Lipinski definition) is 8. The molecule has 4 rings (SSSR count). The molecule has 1 amide bonds. The first kappa shape index (κ1) is 24.6. The van der Waals surface area contributed by atoms with E-state index in [2.05, 4.69) is 43.5 Å². The topological polar surface area (TPSA) is 137 Å². The second-order valence-electron chi connectivity index (χ2n) is 9.38. The summed E-state index contributed by atoms with van der Waals surface area (Å²) in [6.07, 6.45) is 8.75. The highest BCUT2D eigenvalue weighted by Gasteiger charge is 2.27. The van der Waals surface area contributed by atoms with Gasteiger partial charge in [-0.25, -0.2) is 4.98 Å². The number of aromatic amines is 1. The third-order valence-corrected chi connectivity index (χ3v) is 6.41. The van der Waals surface area contributed by atoms with Crippen molar-refractivity contribution in [3.8, 4) is 11.3 Å². The van der Waals surface area contributed by atoms with Crippen molar-refractivity contribution in [2.24, 2.45) is 13.0 Å². The van der Waals surface area contributed by atoms with Gasteiger partial charge in [0.1, 0.15) is 5.82 Å². The van der Waals surface area contributed by atoms with E-state index in [0.29, 0.717) is 30.0 Å². The molecular weight excluding hydrogens is 444 g/mol. The minimum atomic E-state index is 0.0294. The average molecular weight is 481 g/mol. The van der Waals surface area contributed by atoms with Crippen LogP contribution in [0.3, 0.4) is 0 Å². The van der Waals surface area contributed by atoms with Crippen molar-refractivity contribution in [2.45, 2.75) is 58.0 Å². The van der Waals surface area contributed by atoms with Gasteiger partial charge in [0.2, 0.25) is 11.9 Å². The number of carbonyl (C=O) groups is 1. The van der Waals surface area contributed by atoms with Crippen molar-refractivity contribution in [1.29, 1.82) is 0 Å². The molecule has 1 aliphatic rings. The van der Waals surface area contributed by atoms with E-state index in [1.54, 1.807) is 17.9 Å². The summed E-state index contributed by atoms with van der Waals surface area (Å²) >= 11 is 0. The van der Waals surface area contributed by atoms with Crippen LogP contribution in [0.5, 0.6) is 0 Å². The molecule has 0 aliphatic heterocycles. The van der Waals surface area contributed by atoms with Crippen LogP contribution in [-0.4, -0.2) is 61.5 Å². The predicted octanol–water partition coefficient (Wildman–Crippen LogP) is 2.74. The zero-order valence-corrected chi connectivity index (χ0v) is 20.9. The van der Waals surface area contributed by atoms with E-state index < -0.39 is 0 Å². The van der Waals surface area contributed by atoms with E-state index in [4.69, 9.17) is 9.97 Å². The van der Waals surface area contributed by atoms with E-state index in [-0.39, 0.29) is 18.0 Å². The first-order chi connectivity index (χ1) is 16.9. The standard InChI is InChI=1S/C24H36N10O/c1-5-16-6-7-18(27-23(35)13-25-3)10-19(9-16)28-24-29-20(17-12-26-34(4)14-17)11-21(31-24)30-22-8-15(2)32-33-22/h8,11-12,14,16,18-19,25H,5-7,9-10,13H2,1-4H3,(H,27,35)(H3,28,29,30,31,32,33). The summed E-state index contributed by atoms with van der Waals surface area (Å²) in [5.74, 6) is 2.50. The summed E-state index contributed by atoms with van der Waals surface area (Å²) < 4.78 is 1.75. The largest absolute Gasteiger partial charge is 0.352 e. The summed E-state index contributed by atoms with van der Waals surface area (Å²) in [5.41, 5.74) is 2.64. The van der Waals surface area contributed by atoms with E-state index in [9.17, 15) is 4.79 Å². The molecule has 1 saturated carbocycles. The van der Waals surface area contributed by atoms with Gasteiger partial charge >= 0.3 is 0 Å². The number of carbonyl (C=O) groups excluding carboxylic acids is 1. The number of amides is 1. The molecule has 3 atom stereocenters. The molecule has 0 bridgehead atoms. The number of aromatic nitrogens is 6. The molecule has 0 aromatic carbocycles. The summed E-state index contributed by atoms with van der Waals surface area (Å²) in [6.45, 7) is 4.51. The fraction of sp³-hybridized carbons (Fsp3) is 0.542. The summed E-state index contributed by atoms with van der Waals surface area (Å²) in [7, 11) is 3.67. The summed E-state index contributed by atoms with van der Waals surface area (Å²) in [4.78, 5) is 21.8. The van der Waals surface area contributed by atoms with Crippen molar-refractivity contribution in [1.82, 2.24) is 40.6 Å². The number of hydrogen-bond donors (Lipinski definition) is 5. The Kier molecular flexibility index (Phi) is 7.96. The molecule has 0 spiro atoms. The monoisotopic (exact) mass is 480 g/mol. The Morgan fingerprint density at radius 2 is 2.03 bits per heavy atom. The van der Waals surface area contributed by atoms with Gasteiger partial charge in [-0.1, -0.05) is 13.3 Å². The number of H-pyrrole nitrogens is 1. The number of rotatable bonds is 9. The minimum absolute atomic E-state index is 0.0294. The van der Waals surface area contributed by atoms with Gasteiger partial charge in [-0.15, -0.1) is 0 Å². The van der Waals surface area contributed by atoms with E-state index in [1.807, 2.05) is 32.3 Å². The Labute approximate surface area is 205 Å². The zero-order chi connectivity index (χ0) is 24.8. The molecule has 3 unspecified atom stereocenters. The van der Waals surface area contributed by atoms with Crippen LogP contribution in [-0.2, 0) is 11.8 Å². The van der Waals surface area contributed by atoms with Crippen LogP contribution in [0.2, 0.25) is 0 Å². The molecule has 3 aromatic rings. The second-order valence-corrected chi connectivity index (χ2v) is 9.38. The van der Waals surface area contributed by atoms with Crippen LogP contribution in [0.15, 0.2) is 24.5 Å². The van der Waals surface area contributed by atoms with Crippen LogP contribution in [0.1, 0.15) is 44.7 Å². The van der Waals surface area contributed by atoms with Crippen LogP contribution < -0.4 is 21.3 Å². The number of nitrogens with zero attached hydrogens (tertiary/aromatic N) is 5. The zero-order valence-electron chi connectivity index (χ0n) is 20.9. The normalized spacial score (nSPS) is 20.3. The van der Waals surface area contributed by atoms with Crippen LogP contribution in [0.25, 0.3) is 11.3 Å². The molecule has 5 N–H and O–H groups in total. The lowest BCUT2D eigenvalue weighted by atomic mass is 9.96. The van der Waals surface area contributed by atoms with Crippen molar-refractivity contribution in [2.75, 3.05) is 24.2 Å². The first-order valence-electron chi connectivity index (χ1n) is 12.3. The molecule has 35 heavy (non-hydrogen) atoms. The van der Waals surface area contributed by atoms with Crippen molar-refractivity contribution >= 4 is 23.5 Å². The molecule has 3 heterocycles. The van der Waals surface area contributed by atoms with Crippen LogP contribution in [0.4, 0.5) is 17.6 Å². The van der Waals surface area contributed by atoms with Gasteiger partial charge < -0.3 is 21.3 Å². The molecule has 0 saturated heterocycles. The lowest BCUT2D eigenvalue weighted by Gasteiger charge is -2.23. The quantitative estimate of drug-likeness (QED) is 0.295. The van der Waals surface area contributed by atoms with Gasteiger partial charge in [-0.2, -0.15) is 15.2 Å². The minimum Gasteiger partial charge on any atom is -0.352 e. The molecular formula is C24H36N10O. The fourth-order valence-corrected chi connectivity index (χ4v) is 4.65. The maximum absolute atomic E-state index is 12.2. The van der Waals surface area contributed by atoms with Gasteiger partial charge in [0.05, 0.1) is 18.4 Å². The number of likely N-dealkylation sites (N-methyl/N-ethyl adjacent to an activating group) is 1. The average Bonchev–Trinajstić information content (AvgIpc) is 3.38. The SMILES string of the molecule is CCC1CCC(NC(=O)CNC)CC(Nc2nc(Nc3cc(C)[nH]n3)cc(-c3cnn(C)c3)n2)C1. The van der Waals surface area contributed by atoms with Crippen molar-refractivity contribution in [3.63, 3.8) is 0 Å². The second kappa shape index (κ2) is 11.3. The highest BCUT2D eigenvalue weighted by molar-refractivity contribution is 5.78. The molecule has 0 radical (unpaired) electrons. The fourth-order valence-electron chi connectivity index (χ4n) is 4.65. The number of anilines is 3. The Morgan fingerprint density at radius 3 is 2.71 bits per heavy atom. The lowest BCUT2D eigenvalue weighted by molar-refractivity contribution is -0.120. The Balaban J connectivity index is 1.58. The van der Waals surface area contributed by atoms with Gasteiger partial charge in [-0.05, 0) is 45.6 Å². The third kappa shape index (κ3) is 6.78. The van der Waals surface area contributed by atoms with Gasteiger partial charge in [0.25, 0.3) is 0 Å². The summed E-state index contributed by atoms with van der Waals surface area (Å²) in [6, 6.07) is 4.09. The van der Waals surface area contributed by atoms with Crippen molar-refractivity contribution < 1.29 is 4.79 Å². The van der Waals surface area contributed by atoms with E-state index in [1.165, 1.54) is 0 Å². The smallest absolute Gasteiger partial charge is 0.234 e.